The molecular weight excluding hydrogens is 290 g/mol. The lowest BCUT2D eigenvalue weighted by atomic mass is 10.1. The Hall–Kier alpha value is -2.30. The normalized spacial score (nSPS) is 10.9. The Labute approximate surface area is 136 Å². The van der Waals surface area contributed by atoms with Crippen molar-refractivity contribution in [2.24, 2.45) is 0 Å². The summed E-state index contributed by atoms with van der Waals surface area (Å²) in [5, 5.41) is 0.437. The number of aromatic nitrogens is 1. The van der Waals surface area contributed by atoms with Crippen molar-refractivity contribution in [3.05, 3.63) is 40.2 Å². The third-order valence-corrected chi connectivity index (χ3v) is 4.16. The van der Waals surface area contributed by atoms with Gasteiger partial charge in [-0.15, -0.1) is 0 Å². The van der Waals surface area contributed by atoms with Crippen LogP contribution < -0.4 is 11.2 Å². The molecule has 5 nitrogen and oxygen atoms in total. The molecular formula is C18H25N3O2. The molecule has 124 valence electrons. The van der Waals surface area contributed by atoms with Crippen LogP contribution in [0.4, 0.5) is 5.69 Å². The monoisotopic (exact) mass is 315 g/mol. The van der Waals surface area contributed by atoms with Gasteiger partial charge in [0.25, 0.3) is 5.91 Å². The van der Waals surface area contributed by atoms with Crippen molar-refractivity contribution >= 4 is 22.5 Å². The molecule has 1 aromatic heterocycles. The Bertz CT molecular complexity index is 765. The van der Waals surface area contributed by atoms with Crippen LogP contribution in [0.2, 0.25) is 0 Å². The molecule has 23 heavy (non-hydrogen) atoms. The Morgan fingerprint density at radius 1 is 1.26 bits per heavy atom. The van der Waals surface area contributed by atoms with E-state index in [1.165, 1.54) is 0 Å². The Balaban J connectivity index is 2.61. The maximum Gasteiger partial charge on any atom is 0.259 e. The maximum absolute atomic E-state index is 12.8. The van der Waals surface area contributed by atoms with Gasteiger partial charge >= 0.3 is 0 Å². The molecule has 0 saturated carbocycles. The second-order valence-electron chi connectivity index (χ2n) is 5.64. The molecule has 0 bridgehead atoms. The van der Waals surface area contributed by atoms with Crippen LogP contribution >= 0.6 is 0 Å². The van der Waals surface area contributed by atoms with Crippen molar-refractivity contribution in [3.63, 3.8) is 0 Å². The predicted molar refractivity (Wildman–Crippen MR) is 94.8 cm³/mol. The molecule has 0 aliphatic rings. The number of carbonyl (C=O) groups is 1. The van der Waals surface area contributed by atoms with Crippen molar-refractivity contribution in [1.29, 1.82) is 0 Å². The number of nitrogens with zero attached hydrogens (tertiary/aromatic N) is 2. The molecule has 0 radical (unpaired) electrons. The number of pyridine rings is 1. The summed E-state index contributed by atoms with van der Waals surface area (Å²) in [6, 6.07) is 5.39. The van der Waals surface area contributed by atoms with Gasteiger partial charge in [-0.2, -0.15) is 0 Å². The number of anilines is 1. The summed E-state index contributed by atoms with van der Waals surface area (Å²) in [5.41, 5.74) is 7.12. The number of unbranched alkanes of at least 4 members (excludes halogenated alkanes) is 1. The van der Waals surface area contributed by atoms with Crippen molar-refractivity contribution in [2.45, 2.75) is 40.2 Å². The smallest absolute Gasteiger partial charge is 0.259 e. The molecule has 1 aromatic carbocycles. The molecule has 0 aliphatic carbocycles. The minimum absolute atomic E-state index is 0.204. The molecule has 0 aliphatic heterocycles. The third-order valence-electron chi connectivity index (χ3n) is 4.16. The lowest BCUT2D eigenvalue weighted by Crippen LogP contribution is -2.35. The number of nitrogen functional groups attached to an aromatic ring is 1. The zero-order valence-corrected chi connectivity index (χ0v) is 14.1. The molecule has 2 rings (SSSR count). The van der Waals surface area contributed by atoms with Crippen LogP contribution in [0.15, 0.2) is 29.2 Å². The van der Waals surface area contributed by atoms with Gasteiger partial charge in [-0.1, -0.05) is 19.4 Å². The number of rotatable bonds is 6. The number of benzene rings is 1. The van der Waals surface area contributed by atoms with Gasteiger partial charge in [-0.05, 0) is 32.4 Å². The SMILES string of the molecule is CCCCN(CC)C(=O)c1cn(CC)c2cccc(N)c2c1=O. The summed E-state index contributed by atoms with van der Waals surface area (Å²) in [7, 11) is 0. The fourth-order valence-corrected chi connectivity index (χ4v) is 2.80. The highest BCUT2D eigenvalue weighted by molar-refractivity contribution is 6.00. The van der Waals surface area contributed by atoms with Gasteiger partial charge in [0.15, 0.2) is 0 Å². The van der Waals surface area contributed by atoms with E-state index in [0.717, 1.165) is 18.4 Å². The first-order chi connectivity index (χ1) is 11.0. The molecule has 0 unspecified atom stereocenters. The quantitative estimate of drug-likeness (QED) is 0.833. The second kappa shape index (κ2) is 7.31. The van der Waals surface area contributed by atoms with Crippen LogP contribution in [0.3, 0.4) is 0 Å². The van der Waals surface area contributed by atoms with E-state index in [4.69, 9.17) is 5.73 Å². The average Bonchev–Trinajstić information content (AvgIpc) is 2.55. The molecule has 0 saturated heterocycles. The van der Waals surface area contributed by atoms with Gasteiger partial charge in [0.1, 0.15) is 5.56 Å². The summed E-state index contributed by atoms with van der Waals surface area (Å²) in [6.45, 7) is 7.92. The number of carbonyl (C=O) groups excluding carboxylic acids is 1. The average molecular weight is 315 g/mol. The van der Waals surface area contributed by atoms with E-state index in [9.17, 15) is 9.59 Å². The van der Waals surface area contributed by atoms with Crippen LogP contribution in [0.5, 0.6) is 0 Å². The standard InChI is InChI=1S/C18H25N3O2/c1-4-7-11-20(5-2)18(23)13-12-21(6-3)15-10-8-9-14(19)16(15)17(13)22/h8-10,12H,4-7,11,19H2,1-3H3. The molecule has 0 fully saturated rings. The van der Waals surface area contributed by atoms with Gasteiger partial charge in [0.2, 0.25) is 5.43 Å². The highest BCUT2D eigenvalue weighted by Gasteiger charge is 2.20. The van der Waals surface area contributed by atoms with Gasteiger partial charge in [0, 0.05) is 31.5 Å². The van der Waals surface area contributed by atoms with E-state index in [2.05, 4.69) is 6.92 Å². The van der Waals surface area contributed by atoms with E-state index in [0.29, 0.717) is 30.7 Å². The predicted octanol–water partition coefficient (Wildman–Crippen LogP) is 2.87. The molecule has 1 heterocycles. The highest BCUT2D eigenvalue weighted by atomic mass is 16.2. The van der Waals surface area contributed by atoms with E-state index >= 15 is 0 Å². The van der Waals surface area contributed by atoms with E-state index in [1.54, 1.807) is 17.2 Å². The van der Waals surface area contributed by atoms with Crippen molar-refractivity contribution in [1.82, 2.24) is 9.47 Å². The number of aryl methyl sites for hydroxylation is 1. The Morgan fingerprint density at radius 3 is 2.61 bits per heavy atom. The van der Waals surface area contributed by atoms with Gasteiger partial charge in [-0.25, -0.2) is 0 Å². The summed E-state index contributed by atoms with van der Waals surface area (Å²) in [5.74, 6) is -0.210. The fourth-order valence-electron chi connectivity index (χ4n) is 2.80. The molecule has 0 spiro atoms. The fraction of sp³-hybridized carbons (Fsp3) is 0.444. The lowest BCUT2D eigenvalue weighted by Gasteiger charge is -2.21. The second-order valence-corrected chi connectivity index (χ2v) is 5.64. The van der Waals surface area contributed by atoms with Crippen molar-refractivity contribution in [3.8, 4) is 0 Å². The Morgan fingerprint density at radius 2 is 2.00 bits per heavy atom. The minimum Gasteiger partial charge on any atom is -0.398 e. The minimum atomic E-state index is -0.275. The van der Waals surface area contributed by atoms with Gasteiger partial charge in [-0.3, -0.25) is 9.59 Å². The van der Waals surface area contributed by atoms with E-state index in [1.807, 2.05) is 30.5 Å². The zero-order valence-electron chi connectivity index (χ0n) is 14.1. The number of nitrogens with two attached hydrogens (primary N) is 1. The topological polar surface area (TPSA) is 68.3 Å². The molecule has 5 heteroatoms. The molecule has 2 aromatic rings. The molecule has 1 amide bonds. The first-order valence-electron chi connectivity index (χ1n) is 8.26. The van der Waals surface area contributed by atoms with E-state index in [-0.39, 0.29) is 16.9 Å². The van der Waals surface area contributed by atoms with Gasteiger partial charge < -0.3 is 15.2 Å². The zero-order chi connectivity index (χ0) is 17.0. The summed E-state index contributed by atoms with van der Waals surface area (Å²) in [4.78, 5) is 27.3. The van der Waals surface area contributed by atoms with E-state index < -0.39 is 0 Å². The van der Waals surface area contributed by atoms with Gasteiger partial charge in [0.05, 0.1) is 10.9 Å². The summed E-state index contributed by atoms with van der Waals surface area (Å²) >= 11 is 0. The number of amides is 1. The first-order valence-corrected chi connectivity index (χ1v) is 8.26. The lowest BCUT2D eigenvalue weighted by molar-refractivity contribution is 0.0760. The van der Waals surface area contributed by atoms with Crippen LogP contribution in [-0.4, -0.2) is 28.5 Å². The van der Waals surface area contributed by atoms with Crippen LogP contribution in [0, 0.1) is 0 Å². The van der Waals surface area contributed by atoms with Crippen molar-refractivity contribution < 1.29 is 4.79 Å². The van der Waals surface area contributed by atoms with Crippen LogP contribution in [0.25, 0.3) is 10.9 Å². The van der Waals surface area contributed by atoms with Crippen LogP contribution in [-0.2, 0) is 6.54 Å². The highest BCUT2D eigenvalue weighted by Crippen LogP contribution is 2.19. The molecule has 0 atom stereocenters. The number of hydrogen-bond donors (Lipinski definition) is 1. The molecule has 2 N–H and O–H groups in total. The first kappa shape index (κ1) is 17.1. The van der Waals surface area contributed by atoms with Crippen molar-refractivity contribution in [2.75, 3.05) is 18.8 Å². The third kappa shape index (κ3) is 3.23. The summed E-state index contributed by atoms with van der Waals surface area (Å²) < 4.78 is 1.91. The number of hydrogen-bond acceptors (Lipinski definition) is 3. The van der Waals surface area contributed by atoms with Crippen LogP contribution in [0.1, 0.15) is 44.0 Å². The number of fused-ring (bicyclic) bond motifs is 1. The largest absolute Gasteiger partial charge is 0.398 e. The Kier molecular flexibility index (Phi) is 5.42. The summed E-state index contributed by atoms with van der Waals surface area (Å²) in [6.07, 6.45) is 3.60. The maximum atomic E-state index is 12.8.